The van der Waals surface area contributed by atoms with Gasteiger partial charge in [0.2, 0.25) is 5.91 Å². The van der Waals surface area contributed by atoms with Crippen LogP contribution in [-0.2, 0) is 22.2 Å². The van der Waals surface area contributed by atoms with Crippen LogP contribution < -0.4 is 11.5 Å². The predicted molar refractivity (Wildman–Crippen MR) is 150 cm³/mol. The molecular formula is C31H50N4O. The van der Waals surface area contributed by atoms with Crippen LogP contribution in [0.5, 0.6) is 0 Å². The Morgan fingerprint density at radius 3 is 2.06 bits per heavy atom. The molecule has 200 valence electrons. The second kappa shape index (κ2) is 10.8. The first-order valence-electron chi connectivity index (χ1n) is 14.4. The molecule has 1 amide bonds. The Balaban J connectivity index is 1.53. The number of rotatable bonds is 7. The Hall–Kier alpha value is -2.04. The third kappa shape index (κ3) is 6.08. The van der Waals surface area contributed by atoms with Crippen molar-refractivity contribution < 1.29 is 4.79 Å². The van der Waals surface area contributed by atoms with Gasteiger partial charge in [0.25, 0.3) is 0 Å². The molecular weight excluding hydrogens is 444 g/mol. The lowest BCUT2D eigenvalue weighted by Crippen LogP contribution is -2.40. The number of aliphatic imine (C=N–C) groups is 1. The van der Waals surface area contributed by atoms with E-state index in [1.165, 1.54) is 47.9 Å². The maximum atomic E-state index is 13.8. The number of guanidine groups is 1. The van der Waals surface area contributed by atoms with Crippen molar-refractivity contribution in [3.8, 4) is 0 Å². The molecule has 0 atom stereocenters. The standard InChI is InChI=1S/C31H50N4O/c1-21-16-26-27(31(4,5)15-14-30(26,2)3)17-25(21)20-35(28(36)24-8-6-7-9-24)19-23-12-10-22(11-13-23)18-34-29(32)33/h16-17,22-24H,6-15,18-20H2,1-5H3,(H4,32,33,34). The Morgan fingerprint density at radius 2 is 1.47 bits per heavy atom. The van der Waals surface area contributed by atoms with E-state index < -0.39 is 0 Å². The molecule has 4 N–H and O–H groups in total. The van der Waals surface area contributed by atoms with E-state index in [9.17, 15) is 4.79 Å². The molecule has 5 heteroatoms. The topological polar surface area (TPSA) is 84.7 Å². The molecule has 1 aromatic rings. The minimum absolute atomic E-state index is 0.182. The first kappa shape index (κ1) is 27.0. The Morgan fingerprint density at radius 1 is 0.917 bits per heavy atom. The zero-order valence-corrected chi connectivity index (χ0v) is 23.5. The first-order valence-corrected chi connectivity index (χ1v) is 14.4. The van der Waals surface area contributed by atoms with E-state index in [1.807, 2.05) is 0 Å². The zero-order valence-electron chi connectivity index (χ0n) is 23.5. The molecule has 2 fully saturated rings. The number of fused-ring (bicyclic) bond motifs is 1. The van der Waals surface area contributed by atoms with Gasteiger partial charge in [-0.25, -0.2) is 0 Å². The van der Waals surface area contributed by atoms with Gasteiger partial charge < -0.3 is 16.4 Å². The molecule has 3 aliphatic rings. The van der Waals surface area contributed by atoms with Gasteiger partial charge in [0, 0.05) is 25.6 Å². The average molecular weight is 495 g/mol. The van der Waals surface area contributed by atoms with Crippen LogP contribution in [0.1, 0.15) is 114 Å². The molecule has 0 heterocycles. The maximum absolute atomic E-state index is 13.8. The van der Waals surface area contributed by atoms with Crippen LogP contribution >= 0.6 is 0 Å². The number of nitrogens with zero attached hydrogens (tertiary/aromatic N) is 2. The van der Waals surface area contributed by atoms with Crippen LogP contribution in [0, 0.1) is 24.7 Å². The molecule has 4 rings (SSSR count). The van der Waals surface area contributed by atoms with Crippen molar-refractivity contribution in [3.05, 3.63) is 34.4 Å². The second-order valence-electron chi connectivity index (χ2n) is 13.4. The number of hydrogen-bond acceptors (Lipinski definition) is 2. The molecule has 0 saturated heterocycles. The van der Waals surface area contributed by atoms with Crippen LogP contribution in [0.2, 0.25) is 0 Å². The summed E-state index contributed by atoms with van der Waals surface area (Å²) in [5.41, 5.74) is 17.2. The van der Waals surface area contributed by atoms with Gasteiger partial charge in [-0.15, -0.1) is 0 Å². The number of hydrogen-bond donors (Lipinski definition) is 2. The third-order valence-electron chi connectivity index (χ3n) is 9.66. The Bertz CT molecular complexity index is 961. The molecule has 0 unspecified atom stereocenters. The molecule has 5 nitrogen and oxygen atoms in total. The van der Waals surface area contributed by atoms with Crippen LogP contribution in [0.15, 0.2) is 17.1 Å². The van der Waals surface area contributed by atoms with Gasteiger partial charge in [-0.05, 0) is 103 Å². The average Bonchev–Trinajstić information content (AvgIpc) is 3.36. The fraction of sp³-hybridized carbons (Fsp3) is 0.742. The number of amides is 1. The van der Waals surface area contributed by atoms with Gasteiger partial charge in [0.1, 0.15) is 0 Å². The van der Waals surface area contributed by atoms with E-state index in [4.69, 9.17) is 11.5 Å². The fourth-order valence-corrected chi connectivity index (χ4v) is 6.95. The summed E-state index contributed by atoms with van der Waals surface area (Å²) < 4.78 is 0. The van der Waals surface area contributed by atoms with E-state index >= 15 is 0 Å². The van der Waals surface area contributed by atoms with Crippen LogP contribution in [0.4, 0.5) is 0 Å². The summed E-state index contributed by atoms with van der Waals surface area (Å²) in [6.45, 7) is 14.2. The lowest BCUT2D eigenvalue weighted by molar-refractivity contribution is -0.136. The third-order valence-corrected chi connectivity index (χ3v) is 9.66. The van der Waals surface area contributed by atoms with E-state index in [2.05, 4.69) is 56.6 Å². The predicted octanol–water partition coefficient (Wildman–Crippen LogP) is 5.94. The quantitative estimate of drug-likeness (QED) is 0.363. The highest BCUT2D eigenvalue weighted by molar-refractivity contribution is 5.79. The normalized spacial score (nSPS) is 25.2. The van der Waals surface area contributed by atoms with Crippen molar-refractivity contribution >= 4 is 11.9 Å². The highest BCUT2D eigenvalue weighted by Gasteiger charge is 2.38. The van der Waals surface area contributed by atoms with Gasteiger partial charge in [-0.3, -0.25) is 9.79 Å². The number of nitrogens with two attached hydrogens (primary N) is 2. The first-order chi connectivity index (χ1) is 17.0. The van der Waals surface area contributed by atoms with Gasteiger partial charge in [0.05, 0.1) is 0 Å². The minimum Gasteiger partial charge on any atom is -0.370 e. The number of benzene rings is 1. The summed E-state index contributed by atoms with van der Waals surface area (Å²) in [5.74, 6) is 1.94. The summed E-state index contributed by atoms with van der Waals surface area (Å²) in [5, 5.41) is 0. The van der Waals surface area contributed by atoms with Crippen molar-refractivity contribution in [1.29, 1.82) is 0 Å². The molecule has 0 aliphatic heterocycles. The SMILES string of the molecule is Cc1cc2c(cc1CN(CC1CCC(CN=C(N)N)CC1)C(=O)C1CCCC1)C(C)(C)CCC2(C)C. The fourth-order valence-electron chi connectivity index (χ4n) is 6.95. The second-order valence-corrected chi connectivity index (χ2v) is 13.4. The highest BCUT2D eigenvalue weighted by atomic mass is 16.2. The lowest BCUT2D eigenvalue weighted by atomic mass is 9.62. The number of aryl methyl sites for hydroxylation is 1. The largest absolute Gasteiger partial charge is 0.370 e. The highest BCUT2D eigenvalue weighted by Crippen LogP contribution is 2.46. The lowest BCUT2D eigenvalue weighted by Gasteiger charge is -2.42. The summed E-state index contributed by atoms with van der Waals surface area (Å²) in [6, 6.07) is 4.91. The van der Waals surface area contributed by atoms with Gasteiger partial charge in [-0.2, -0.15) is 0 Å². The van der Waals surface area contributed by atoms with E-state index in [1.54, 1.807) is 0 Å². The van der Waals surface area contributed by atoms with Crippen molar-refractivity contribution in [2.24, 2.45) is 34.2 Å². The smallest absolute Gasteiger partial charge is 0.225 e. The molecule has 0 bridgehead atoms. The zero-order chi connectivity index (χ0) is 26.1. The summed E-state index contributed by atoms with van der Waals surface area (Å²) in [6.07, 6.45) is 11.6. The molecule has 2 saturated carbocycles. The Labute approximate surface area is 219 Å². The molecule has 0 aromatic heterocycles. The number of carbonyl (C=O) groups is 1. The van der Waals surface area contributed by atoms with Crippen molar-refractivity contribution in [1.82, 2.24) is 4.90 Å². The van der Waals surface area contributed by atoms with Crippen LogP contribution in [0.25, 0.3) is 0 Å². The summed E-state index contributed by atoms with van der Waals surface area (Å²) >= 11 is 0. The summed E-state index contributed by atoms with van der Waals surface area (Å²) in [7, 11) is 0. The van der Waals surface area contributed by atoms with Crippen molar-refractivity contribution in [2.75, 3.05) is 13.1 Å². The molecule has 36 heavy (non-hydrogen) atoms. The van der Waals surface area contributed by atoms with E-state index in [0.717, 1.165) is 58.2 Å². The van der Waals surface area contributed by atoms with Crippen molar-refractivity contribution in [3.63, 3.8) is 0 Å². The summed E-state index contributed by atoms with van der Waals surface area (Å²) in [4.78, 5) is 20.3. The van der Waals surface area contributed by atoms with E-state index in [0.29, 0.717) is 17.7 Å². The number of carbonyl (C=O) groups excluding carboxylic acids is 1. The minimum atomic E-state index is 0.182. The van der Waals surface area contributed by atoms with Crippen LogP contribution in [-0.4, -0.2) is 29.9 Å². The van der Waals surface area contributed by atoms with Gasteiger partial charge >= 0.3 is 0 Å². The molecule has 0 radical (unpaired) electrons. The van der Waals surface area contributed by atoms with Gasteiger partial charge in [0.15, 0.2) is 5.96 Å². The van der Waals surface area contributed by atoms with Crippen molar-refractivity contribution in [2.45, 2.75) is 116 Å². The van der Waals surface area contributed by atoms with E-state index in [-0.39, 0.29) is 22.7 Å². The monoisotopic (exact) mass is 494 g/mol. The Kier molecular flexibility index (Phi) is 8.07. The molecule has 3 aliphatic carbocycles. The maximum Gasteiger partial charge on any atom is 0.225 e. The molecule has 1 aromatic carbocycles. The van der Waals surface area contributed by atoms with Gasteiger partial charge in [-0.1, -0.05) is 52.7 Å². The van der Waals surface area contributed by atoms with Crippen LogP contribution in [0.3, 0.4) is 0 Å². The molecule has 0 spiro atoms.